The van der Waals surface area contributed by atoms with Crippen molar-refractivity contribution in [1.29, 1.82) is 0 Å². The van der Waals surface area contributed by atoms with Crippen LogP contribution in [0.1, 0.15) is 0 Å². The predicted octanol–water partition coefficient (Wildman–Crippen LogP) is 0.588. The molecule has 50 valence electrons. The third-order valence-corrected chi connectivity index (χ3v) is 1.63. The molecule has 0 atom stereocenters. The molecule has 0 fully saturated rings. The monoisotopic (exact) mass is 154 g/mol. The second-order valence-electron chi connectivity index (χ2n) is 1.54. The minimum atomic E-state index is 0.627. The van der Waals surface area contributed by atoms with Gasteiger partial charge in [-0.25, -0.2) is 9.61 Å². The zero-order chi connectivity index (χ0) is 6.81. The third-order valence-electron chi connectivity index (χ3n) is 0.942. The lowest BCUT2D eigenvalue weighted by Crippen LogP contribution is -1.71. The molecule has 2 aromatic heterocycles. The molecule has 0 unspecified atom stereocenters. The molecule has 2 aromatic rings. The zero-order valence-electron chi connectivity index (χ0n) is 4.76. The third kappa shape index (κ3) is 0.781. The average molecular weight is 154 g/mol. The maximum atomic E-state index is 4.38. The Labute approximate surface area is 59.8 Å². The van der Waals surface area contributed by atoms with Gasteiger partial charge in [-0.15, -0.1) is 0 Å². The summed E-state index contributed by atoms with van der Waals surface area (Å²) >= 11 is 1.26. The standard InChI is InChI=1S/C4H2N4OS/c1-3(8-9-6-1)4-5-2-7-10-4/h1-2H. The highest BCUT2D eigenvalue weighted by Gasteiger charge is 2.03. The van der Waals surface area contributed by atoms with E-state index in [1.165, 1.54) is 24.1 Å². The normalized spacial score (nSPS) is 10.0. The Morgan fingerprint density at radius 3 is 3.10 bits per heavy atom. The fraction of sp³-hybridized carbons (Fsp3) is 0. The lowest BCUT2D eigenvalue weighted by atomic mass is 10.5. The van der Waals surface area contributed by atoms with Gasteiger partial charge in [-0.05, 0) is 16.7 Å². The van der Waals surface area contributed by atoms with E-state index in [4.69, 9.17) is 0 Å². The lowest BCUT2D eigenvalue weighted by molar-refractivity contribution is 0.308. The van der Waals surface area contributed by atoms with E-state index in [0.29, 0.717) is 5.69 Å². The van der Waals surface area contributed by atoms with Crippen LogP contribution < -0.4 is 0 Å². The molecule has 10 heavy (non-hydrogen) atoms. The summed E-state index contributed by atoms with van der Waals surface area (Å²) in [7, 11) is 0. The molecule has 0 bridgehead atoms. The largest absolute Gasteiger partial charge is 0.244 e. The Morgan fingerprint density at radius 1 is 1.50 bits per heavy atom. The molecule has 0 saturated heterocycles. The summed E-state index contributed by atoms with van der Waals surface area (Å²) in [6.07, 6.45) is 2.97. The SMILES string of the molecule is c1nsc(-c2cnon2)n1. The summed E-state index contributed by atoms with van der Waals surface area (Å²) < 4.78 is 8.18. The zero-order valence-corrected chi connectivity index (χ0v) is 5.58. The van der Waals surface area contributed by atoms with Crippen LogP contribution in [0.25, 0.3) is 10.7 Å². The van der Waals surface area contributed by atoms with Crippen molar-refractivity contribution in [3.8, 4) is 10.7 Å². The van der Waals surface area contributed by atoms with Gasteiger partial charge in [0.25, 0.3) is 0 Å². The first kappa shape index (κ1) is 5.48. The number of hydrogen-bond donors (Lipinski definition) is 0. The van der Waals surface area contributed by atoms with Crippen molar-refractivity contribution < 1.29 is 4.63 Å². The van der Waals surface area contributed by atoms with Crippen LogP contribution in [0.4, 0.5) is 0 Å². The van der Waals surface area contributed by atoms with Crippen molar-refractivity contribution in [2.45, 2.75) is 0 Å². The Hall–Kier alpha value is -1.30. The van der Waals surface area contributed by atoms with E-state index < -0.39 is 0 Å². The van der Waals surface area contributed by atoms with E-state index in [1.54, 1.807) is 0 Å². The van der Waals surface area contributed by atoms with Crippen molar-refractivity contribution in [2.75, 3.05) is 0 Å². The van der Waals surface area contributed by atoms with Crippen LogP contribution in [0, 0.1) is 0 Å². The van der Waals surface area contributed by atoms with Crippen LogP contribution in [0.15, 0.2) is 17.2 Å². The fourth-order valence-corrected chi connectivity index (χ4v) is 1.02. The molecule has 2 rings (SSSR count). The lowest BCUT2D eigenvalue weighted by Gasteiger charge is -1.76. The summed E-state index contributed by atoms with van der Waals surface area (Å²) in [5.41, 5.74) is 0.627. The molecule has 0 aliphatic rings. The highest BCUT2D eigenvalue weighted by molar-refractivity contribution is 7.08. The first-order valence-electron chi connectivity index (χ1n) is 2.51. The van der Waals surface area contributed by atoms with Crippen molar-refractivity contribution in [1.82, 2.24) is 19.7 Å². The van der Waals surface area contributed by atoms with Gasteiger partial charge < -0.3 is 0 Å². The minimum absolute atomic E-state index is 0.627. The molecule has 0 spiro atoms. The maximum Gasteiger partial charge on any atom is 0.167 e. The Bertz CT molecular complexity index is 257. The molecule has 0 radical (unpaired) electrons. The molecule has 5 nitrogen and oxygen atoms in total. The summed E-state index contributed by atoms with van der Waals surface area (Å²) in [5, 5.41) is 7.73. The molecule has 0 N–H and O–H groups in total. The van der Waals surface area contributed by atoms with Gasteiger partial charge in [0.15, 0.2) is 10.7 Å². The van der Waals surface area contributed by atoms with Gasteiger partial charge in [0, 0.05) is 0 Å². The topological polar surface area (TPSA) is 64.7 Å². The molecule has 6 heteroatoms. The van der Waals surface area contributed by atoms with E-state index in [9.17, 15) is 0 Å². The van der Waals surface area contributed by atoms with Gasteiger partial charge in [-0.1, -0.05) is 5.16 Å². The fourth-order valence-electron chi connectivity index (χ4n) is 0.545. The first-order valence-corrected chi connectivity index (χ1v) is 3.29. The minimum Gasteiger partial charge on any atom is -0.244 e. The molecule has 0 aromatic carbocycles. The molecular formula is C4H2N4OS. The smallest absolute Gasteiger partial charge is 0.167 e. The van der Waals surface area contributed by atoms with Crippen LogP contribution in [0.5, 0.6) is 0 Å². The molecule has 0 aliphatic carbocycles. The van der Waals surface area contributed by atoms with Gasteiger partial charge in [0.2, 0.25) is 0 Å². The molecule has 0 saturated carbocycles. The van der Waals surface area contributed by atoms with Crippen LogP contribution in [-0.4, -0.2) is 19.7 Å². The average Bonchev–Trinajstić information content (AvgIpc) is 2.59. The van der Waals surface area contributed by atoms with E-state index in [0.717, 1.165) is 5.01 Å². The Kier molecular flexibility index (Phi) is 1.17. The summed E-state index contributed by atoms with van der Waals surface area (Å²) in [6.45, 7) is 0. The maximum absolute atomic E-state index is 4.38. The highest BCUT2D eigenvalue weighted by Crippen LogP contribution is 2.14. The van der Waals surface area contributed by atoms with E-state index in [1.807, 2.05) is 0 Å². The van der Waals surface area contributed by atoms with Crippen molar-refractivity contribution in [3.63, 3.8) is 0 Å². The number of rotatable bonds is 1. The predicted molar refractivity (Wildman–Crippen MR) is 33.2 cm³/mol. The van der Waals surface area contributed by atoms with Gasteiger partial charge in [-0.3, -0.25) is 0 Å². The molecule has 2 heterocycles. The van der Waals surface area contributed by atoms with Crippen LogP contribution in [0.2, 0.25) is 0 Å². The second kappa shape index (κ2) is 2.14. The van der Waals surface area contributed by atoms with Crippen LogP contribution >= 0.6 is 11.5 Å². The van der Waals surface area contributed by atoms with Crippen LogP contribution in [-0.2, 0) is 0 Å². The second-order valence-corrected chi connectivity index (χ2v) is 2.32. The van der Waals surface area contributed by atoms with Gasteiger partial charge in [0.05, 0.1) is 0 Å². The van der Waals surface area contributed by atoms with Gasteiger partial charge in [-0.2, -0.15) is 4.37 Å². The van der Waals surface area contributed by atoms with Crippen molar-refractivity contribution in [2.24, 2.45) is 0 Å². The molecule has 0 amide bonds. The van der Waals surface area contributed by atoms with E-state index in [2.05, 4.69) is 24.3 Å². The summed E-state index contributed by atoms with van der Waals surface area (Å²) in [4.78, 5) is 3.90. The van der Waals surface area contributed by atoms with Gasteiger partial charge in [0.1, 0.15) is 12.5 Å². The number of nitrogens with zero attached hydrogens (tertiary/aromatic N) is 4. The van der Waals surface area contributed by atoms with Crippen LogP contribution in [0.3, 0.4) is 0 Å². The highest BCUT2D eigenvalue weighted by atomic mass is 32.1. The van der Waals surface area contributed by atoms with E-state index in [-0.39, 0.29) is 0 Å². The Morgan fingerprint density at radius 2 is 2.50 bits per heavy atom. The van der Waals surface area contributed by atoms with Gasteiger partial charge >= 0.3 is 0 Å². The number of hydrogen-bond acceptors (Lipinski definition) is 6. The molecule has 0 aliphatic heterocycles. The molecular weight excluding hydrogens is 152 g/mol. The summed E-state index contributed by atoms with van der Waals surface area (Å²) in [6, 6.07) is 0. The first-order chi connectivity index (χ1) is 4.97. The quantitative estimate of drug-likeness (QED) is 0.601. The summed E-state index contributed by atoms with van der Waals surface area (Å²) in [5.74, 6) is 0. The van der Waals surface area contributed by atoms with Crippen molar-refractivity contribution in [3.05, 3.63) is 12.5 Å². The van der Waals surface area contributed by atoms with E-state index >= 15 is 0 Å². The van der Waals surface area contributed by atoms with Crippen molar-refractivity contribution >= 4 is 11.5 Å². The Balaban J connectivity index is 2.48. The number of aromatic nitrogens is 4.